The minimum Gasteiger partial charge on any atom is -0.427 e. The van der Waals surface area contributed by atoms with Gasteiger partial charge in [0, 0.05) is 49.5 Å². The fourth-order valence-electron chi connectivity index (χ4n) is 6.42. The number of urea groups is 1. The molecule has 0 radical (unpaired) electrons. The van der Waals surface area contributed by atoms with Gasteiger partial charge in [-0.05, 0) is 66.4 Å². The number of hydrogen-bond donors (Lipinski definition) is 2. The number of nitrogens with one attached hydrogen (secondary N) is 2. The standard InChI is InChI=1S/C35H35F4N5O6/c1-22(35(37,38)39)43(20-23-5-7-26(36)8-6-23)30(45)21-44-31(46)34(50-33(44)48)12-11-25-18-28(9-10-29(25)34)41-32(47)40-27-4-2-3-24(17-27)19-42-13-15-49-16-14-42/h2-10,17-18,22H,11-16,19-21H2,1H3,(H2,40,41,47)/t22-,34+/m0/s1. The number of ether oxygens (including phenoxy) is 2. The molecule has 3 aliphatic rings. The summed E-state index contributed by atoms with van der Waals surface area (Å²) in [6.07, 6.45) is -5.64. The number of imide groups is 1. The van der Waals surface area contributed by atoms with Crippen LogP contribution in [0.25, 0.3) is 0 Å². The van der Waals surface area contributed by atoms with E-state index in [-0.39, 0.29) is 12.0 Å². The number of amides is 5. The molecule has 2 saturated heterocycles. The monoisotopic (exact) mass is 697 g/mol. The van der Waals surface area contributed by atoms with E-state index in [1.807, 2.05) is 18.2 Å². The van der Waals surface area contributed by atoms with Gasteiger partial charge in [-0.3, -0.25) is 14.5 Å². The van der Waals surface area contributed by atoms with Crippen LogP contribution in [0.2, 0.25) is 0 Å². The minimum absolute atomic E-state index is 0.0431. The number of halogens is 4. The van der Waals surface area contributed by atoms with Crippen molar-refractivity contribution < 1.29 is 46.2 Å². The second kappa shape index (κ2) is 14.1. The van der Waals surface area contributed by atoms with Crippen molar-refractivity contribution in [2.75, 3.05) is 43.5 Å². The third-order valence-corrected chi connectivity index (χ3v) is 9.13. The lowest BCUT2D eigenvalue weighted by atomic mass is 9.94. The number of morpholine rings is 1. The third kappa shape index (κ3) is 7.43. The lowest BCUT2D eigenvalue weighted by Gasteiger charge is -2.31. The van der Waals surface area contributed by atoms with E-state index in [2.05, 4.69) is 15.5 Å². The average molecular weight is 698 g/mol. The van der Waals surface area contributed by atoms with Crippen LogP contribution in [0.5, 0.6) is 0 Å². The molecule has 2 atom stereocenters. The van der Waals surface area contributed by atoms with E-state index in [1.165, 1.54) is 12.1 Å². The first-order chi connectivity index (χ1) is 23.8. The molecule has 15 heteroatoms. The summed E-state index contributed by atoms with van der Waals surface area (Å²) in [5.41, 5.74) is 1.51. The Balaban J connectivity index is 1.11. The number of benzene rings is 3. The van der Waals surface area contributed by atoms with Crippen molar-refractivity contribution in [1.82, 2.24) is 14.7 Å². The van der Waals surface area contributed by atoms with Gasteiger partial charge in [-0.15, -0.1) is 0 Å². The van der Waals surface area contributed by atoms with Crippen LogP contribution in [0.4, 0.5) is 38.5 Å². The van der Waals surface area contributed by atoms with E-state index in [0.717, 1.165) is 44.3 Å². The van der Waals surface area contributed by atoms with Crippen LogP contribution in [0.1, 0.15) is 35.6 Å². The number of hydrogen-bond acceptors (Lipinski definition) is 7. The molecular weight excluding hydrogens is 662 g/mol. The Bertz CT molecular complexity index is 1780. The van der Waals surface area contributed by atoms with Gasteiger partial charge in [-0.25, -0.2) is 18.9 Å². The first-order valence-corrected chi connectivity index (χ1v) is 16.1. The number of nitrogens with zero attached hydrogens (tertiary/aromatic N) is 3. The minimum atomic E-state index is -4.81. The molecule has 1 aliphatic carbocycles. The Morgan fingerprint density at radius 2 is 1.66 bits per heavy atom. The van der Waals surface area contributed by atoms with Crippen molar-refractivity contribution in [3.8, 4) is 0 Å². The van der Waals surface area contributed by atoms with Crippen molar-refractivity contribution in [1.29, 1.82) is 0 Å². The molecule has 2 aliphatic heterocycles. The highest BCUT2D eigenvalue weighted by Gasteiger charge is 2.58. The highest BCUT2D eigenvalue weighted by molar-refractivity contribution is 6.06. The zero-order chi connectivity index (χ0) is 35.6. The Kier molecular flexibility index (Phi) is 9.80. The second-order valence-electron chi connectivity index (χ2n) is 12.5. The largest absolute Gasteiger partial charge is 0.427 e. The van der Waals surface area contributed by atoms with Crippen LogP contribution in [-0.2, 0) is 44.2 Å². The maximum absolute atomic E-state index is 13.8. The quantitative estimate of drug-likeness (QED) is 0.288. The molecule has 0 bridgehead atoms. The van der Waals surface area contributed by atoms with Crippen LogP contribution >= 0.6 is 0 Å². The molecule has 0 saturated carbocycles. The molecule has 50 heavy (non-hydrogen) atoms. The van der Waals surface area contributed by atoms with E-state index < -0.39 is 60.7 Å². The molecule has 6 rings (SSSR count). The van der Waals surface area contributed by atoms with Gasteiger partial charge in [0.05, 0.1) is 13.2 Å². The molecule has 11 nitrogen and oxygen atoms in total. The van der Waals surface area contributed by atoms with Crippen LogP contribution in [0.3, 0.4) is 0 Å². The molecule has 5 amide bonds. The van der Waals surface area contributed by atoms with Gasteiger partial charge in [0.1, 0.15) is 18.4 Å². The van der Waals surface area contributed by atoms with Crippen LogP contribution in [0, 0.1) is 5.82 Å². The molecule has 1 spiro atoms. The molecule has 0 aromatic heterocycles. The maximum atomic E-state index is 13.8. The summed E-state index contributed by atoms with van der Waals surface area (Å²) in [5.74, 6) is -2.61. The zero-order valence-electron chi connectivity index (χ0n) is 27.1. The average Bonchev–Trinajstić information content (AvgIpc) is 3.55. The Hall–Kier alpha value is -5.02. The fourth-order valence-corrected chi connectivity index (χ4v) is 6.42. The van der Waals surface area contributed by atoms with Crippen molar-refractivity contribution in [3.05, 3.63) is 94.8 Å². The second-order valence-corrected chi connectivity index (χ2v) is 12.5. The van der Waals surface area contributed by atoms with E-state index in [9.17, 15) is 36.7 Å². The summed E-state index contributed by atoms with van der Waals surface area (Å²) in [6.45, 7) is 3.02. The van der Waals surface area contributed by atoms with Crippen molar-refractivity contribution in [2.45, 2.75) is 50.7 Å². The molecule has 264 valence electrons. The summed E-state index contributed by atoms with van der Waals surface area (Å²) in [5, 5.41) is 5.59. The zero-order valence-corrected chi connectivity index (χ0v) is 27.1. The van der Waals surface area contributed by atoms with Gasteiger partial charge in [0.25, 0.3) is 5.91 Å². The summed E-state index contributed by atoms with van der Waals surface area (Å²) >= 11 is 0. The van der Waals surface area contributed by atoms with Gasteiger partial charge in [0.2, 0.25) is 11.5 Å². The number of fused-ring (bicyclic) bond motifs is 2. The number of anilines is 2. The number of rotatable bonds is 9. The Morgan fingerprint density at radius 1 is 0.960 bits per heavy atom. The Labute approximate surface area is 285 Å². The number of alkyl halides is 3. The summed E-state index contributed by atoms with van der Waals surface area (Å²) < 4.78 is 65.6. The molecule has 2 N–H and O–H groups in total. The first-order valence-electron chi connectivity index (χ1n) is 16.1. The van der Waals surface area contributed by atoms with Crippen molar-refractivity contribution in [2.24, 2.45) is 0 Å². The van der Waals surface area contributed by atoms with Crippen molar-refractivity contribution >= 4 is 35.3 Å². The summed E-state index contributed by atoms with van der Waals surface area (Å²) in [4.78, 5) is 56.1. The van der Waals surface area contributed by atoms with Crippen LogP contribution in [-0.4, -0.2) is 83.7 Å². The molecule has 0 unspecified atom stereocenters. The smallest absolute Gasteiger partial charge is 0.418 e. The SMILES string of the molecule is C[C@H](N(Cc1ccc(F)cc1)C(=O)CN1C(=O)O[C@@]2(CCc3cc(NC(=O)Nc4cccc(CN5CCOCC5)c4)ccc32)C1=O)C(F)(F)F. The van der Waals surface area contributed by atoms with Crippen molar-refractivity contribution in [3.63, 3.8) is 0 Å². The van der Waals surface area contributed by atoms with Gasteiger partial charge < -0.3 is 25.0 Å². The van der Waals surface area contributed by atoms with Gasteiger partial charge in [-0.2, -0.15) is 13.2 Å². The molecule has 2 fully saturated rings. The van der Waals surface area contributed by atoms with Gasteiger partial charge >= 0.3 is 18.3 Å². The molecular formula is C35H35F4N5O6. The normalized spacial score (nSPS) is 19.7. The van der Waals surface area contributed by atoms with E-state index in [4.69, 9.17) is 9.47 Å². The van der Waals surface area contributed by atoms with Gasteiger partial charge in [-0.1, -0.05) is 30.3 Å². The molecule has 2 heterocycles. The van der Waals surface area contributed by atoms with E-state index in [1.54, 1.807) is 24.3 Å². The van der Waals surface area contributed by atoms with E-state index in [0.29, 0.717) is 51.9 Å². The number of carbonyl (C=O) groups is 4. The first kappa shape index (κ1) is 34.8. The Morgan fingerprint density at radius 3 is 2.36 bits per heavy atom. The highest BCUT2D eigenvalue weighted by atomic mass is 19.4. The highest BCUT2D eigenvalue weighted by Crippen LogP contribution is 2.46. The summed E-state index contributed by atoms with van der Waals surface area (Å²) in [7, 11) is 0. The predicted molar refractivity (Wildman–Crippen MR) is 172 cm³/mol. The lowest BCUT2D eigenvalue weighted by Crippen LogP contribution is -2.51. The number of aryl methyl sites for hydroxylation is 1. The maximum Gasteiger partial charge on any atom is 0.418 e. The predicted octanol–water partition coefficient (Wildman–Crippen LogP) is 5.40. The van der Waals surface area contributed by atoms with Crippen LogP contribution < -0.4 is 10.6 Å². The lowest BCUT2D eigenvalue weighted by molar-refractivity contribution is -0.187. The molecule has 3 aromatic carbocycles. The van der Waals surface area contributed by atoms with E-state index >= 15 is 0 Å². The summed E-state index contributed by atoms with van der Waals surface area (Å²) in [6, 6.07) is 14.1. The molecule has 3 aromatic rings. The van der Waals surface area contributed by atoms with Crippen LogP contribution in [0.15, 0.2) is 66.7 Å². The van der Waals surface area contributed by atoms with Gasteiger partial charge in [0.15, 0.2) is 0 Å². The fraction of sp³-hybridized carbons (Fsp3) is 0.371. The number of carbonyl (C=O) groups excluding carboxylic acids is 4. The third-order valence-electron chi connectivity index (χ3n) is 9.13. The topological polar surface area (TPSA) is 121 Å².